The molecule has 0 bridgehead atoms. The Morgan fingerprint density at radius 3 is 1.29 bits per heavy atom. The first-order valence-corrected chi connectivity index (χ1v) is 7.67. The number of hydrogen-bond acceptors (Lipinski definition) is 2. The molecule has 0 heterocycles. The number of hydrogen-bond donors (Lipinski definition) is 2. The first kappa shape index (κ1) is 17.2. The minimum absolute atomic E-state index is 0.353. The van der Waals surface area contributed by atoms with Gasteiger partial charge in [-0.2, -0.15) is 0 Å². The molecule has 2 aromatic rings. The molecule has 0 atom stereocenters. The molecule has 0 saturated heterocycles. The summed E-state index contributed by atoms with van der Waals surface area (Å²) >= 11 is 0. The Morgan fingerprint density at radius 1 is 0.667 bits per heavy atom. The van der Waals surface area contributed by atoms with Crippen LogP contribution in [0.2, 0.25) is 0 Å². The Balaban J connectivity index is 2.17. The Hall–Kier alpha value is -3.14. The third-order valence-corrected chi connectivity index (χ3v) is 3.58. The van der Waals surface area contributed by atoms with Gasteiger partial charge in [-0.15, -0.1) is 0 Å². The van der Waals surface area contributed by atoms with E-state index >= 15 is 0 Å². The monoisotopic (exact) mass is 320 g/mol. The highest BCUT2D eigenvalue weighted by atomic mass is 16.1. The molecular weight excluding hydrogens is 300 g/mol. The van der Waals surface area contributed by atoms with Crippen molar-refractivity contribution in [1.29, 1.82) is 0 Å². The molecule has 0 fully saturated rings. The first-order valence-electron chi connectivity index (χ1n) is 7.67. The van der Waals surface area contributed by atoms with Gasteiger partial charge in [0.15, 0.2) is 0 Å². The number of carbonyl (C=O) groups is 2. The molecule has 2 rings (SSSR count). The van der Waals surface area contributed by atoms with Crippen LogP contribution in [0.4, 0.5) is 0 Å². The van der Waals surface area contributed by atoms with Crippen molar-refractivity contribution in [3.8, 4) is 0 Å². The summed E-state index contributed by atoms with van der Waals surface area (Å²) in [5, 5.41) is 0. The number of nitrogens with two attached hydrogens (primary N) is 2. The molecule has 0 radical (unpaired) electrons. The molecule has 0 aliphatic heterocycles. The summed E-state index contributed by atoms with van der Waals surface area (Å²) in [6.07, 6.45) is 4.19. The highest BCUT2D eigenvalue weighted by Gasteiger charge is 2.10. The molecule has 24 heavy (non-hydrogen) atoms. The van der Waals surface area contributed by atoms with E-state index in [2.05, 4.69) is 0 Å². The standard InChI is InChI=1S/C20H20N2O2/c21-19(23)17(13-15-7-3-1-4-8-15)11-12-18(20(22)24)14-16-9-5-2-6-10-16/h1-10,13-14H,11-12H2,(H2,21,23)(H2,22,24). The van der Waals surface area contributed by atoms with E-state index in [1.54, 1.807) is 12.2 Å². The van der Waals surface area contributed by atoms with E-state index in [1.807, 2.05) is 60.7 Å². The summed E-state index contributed by atoms with van der Waals surface area (Å²) in [4.78, 5) is 23.3. The van der Waals surface area contributed by atoms with Crippen LogP contribution in [0.25, 0.3) is 12.2 Å². The van der Waals surface area contributed by atoms with Crippen LogP contribution in [-0.4, -0.2) is 11.8 Å². The van der Waals surface area contributed by atoms with Crippen molar-refractivity contribution in [2.75, 3.05) is 0 Å². The van der Waals surface area contributed by atoms with Crippen LogP contribution in [0.1, 0.15) is 24.0 Å². The number of primary amides is 2. The quantitative estimate of drug-likeness (QED) is 0.769. The lowest BCUT2D eigenvalue weighted by Gasteiger charge is -2.06. The first-order chi connectivity index (χ1) is 11.6. The zero-order chi connectivity index (χ0) is 17.4. The van der Waals surface area contributed by atoms with Crippen LogP contribution >= 0.6 is 0 Å². The van der Waals surface area contributed by atoms with Gasteiger partial charge >= 0.3 is 0 Å². The second-order valence-electron chi connectivity index (χ2n) is 5.39. The van der Waals surface area contributed by atoms with Crippen molar-refractivity contribution in [1.82, 2.24) is 0 Å². The molecule has 0 unspecified atom stereocenters. The Morgan fingerprint density at radius 2 is 1.00 bits per heavy atom. The van der Waals surface area contributed by atoms with Crippen LogP contribution in [0.5, 0.6) is 0 Å². The van der Waals surface area contributed by atoms with E-state index in [9.17, 15) is 9.59 Å². The summed E-state index contributed by atoms with van der Waals surface area (Å²) in [6, 6.07) is 18.9. The van der Waals surface area contributed by atoms with Crippen LogP contribution in [0.3, 0.4) is 0 Å². The van der Waals surface area contributed by atoms with E-state index in [0.29, 0.717) is 24.0 Å². The van der Waals surface area contributed by atoms with Gasteiger partial charge in [-0.05, 0) is 36.1 Å². The minimum Gasteiger partial charge on any atom is -0.366 e. The molecule has 0 spiro atoms. The maximum atomic E-state index is 11.7. The van der Waals surface area contributed by atoms with Crippen LogP contribution in [0.15, 0.2) is 71.8 Å². The summed E-state index contributed by atoms with van der Waals surface area (Å²) in [5.74, 6) is -0.996. The molecule has 122 valence electrons. The zero-order valence-corrected chi connectivity index (χ0v) is 13.3. The molecule has 4 nitrogen and oxygen atoms in total. The fourth-order valence-electron chi connectivity index (χ4n) is 2.30. The van der Waals surface area contributed by atoms with E-state index in [-0.39, 0.29) is 0 Å². The predicted molar refractivity (Wildman–Crippen MR) is 96.5 cm³/mol. The molecule has 2 amide bonds. The highest BCUT2D eigenvalue weighted by molar-refractivity contribution is 5.98. The Bertz CT molecular complexity index is 695. The third-order valence-electron chi connectivity index (χ3n) is 3.58. The molecule has 4 N–H and O–H groups in total. The molecule has 0 aliphatic carbocycles. The van der Waals surface area contributed by atoms with Crippen LogP contribution in [-0.2, 0) is 9.59 Å². The number of amides is 2. The van der Waals surface area contributed by atoms with Crippen molar-refractivity contribution in [3.05, 3.63) is 82.9 Å². The summed E-state index contributed by atoms with van der Waals surface area (Å²) in [5.41, 5.74) is 13.6. The van der Waals surface area contributed by atoms with E-state index in [1.165, 1.54) is 0 Å². The number of carbonyl (C=O) groups excluding carboxylic acids is 2. The molecule has 0 aliphatic rings. The van der Waals surface area contributed by atoms with Gasteiger partial charge in [0.1, 0.15) is 0 Å². The lowest BCUT2D eigenvalue weighted by Crippen LogP contribution is -2.17. The van der Waals surface area contributed by atoms with Gasteiger partial charge in [0.05, 0.1) is 0 Å². The molecular formula is C20H20N2O2. The lowest BCUT2D eigenvalue weighted by atomic mass is 10.00. The molecule has 0 saturated carbocycles. The van der Waals surface area contributed by atoms with Gasteiger partial charge in [0, 0.05) is 11.1 Å². The van der Waals surface area contributed by atoms with Crippen LogP contribution < -0.4 is 11.5 Å². The maximum absolute atomic E-state index is 11.7. The van der Waals surface area contributed by atoms with Gasteiger partial charge in [-0.3, -0.25) is 9.59 Å². The summed E-state index contributed by atoms with van der Waals surface area (Å²) < 4.78 is 0. The number of benzene rings is 2. The van der Waals surface area contributed by atoms with E-state index in [4.69, 9.17) is 11.5 Å². The van der Waals surface area contributed by atoms with Crippen molar-refractivity contribution in [2.45, 2.75) is 12.8 Å². The Kier molecular flexibility index (Phi) is 6.08. The van der Waals surface area contributed by atoms with Crippen LogP contribution in [0, 0.1) is 0 Å². The fraction of sp³-hybridized carbons (Fsp3) is 0.100. The number of rotatable bonds is 7. The smallest absolute Gasteiger partial charge is 0.244 e. The second kappa shape index (κ2) is 8.48. The minimum atomic E-state index is -0.498. The summed E-state index contributed by atoms with van der Waals surface area (Å²) in [6.45, 7) is 0. The Labute approximate surface area is 141 Å². The zero-order valence-electron chi connectivity index (χ0n) is 13.3. The predicted octanol–water partition coefficient (Wildman–Crippen LogP) is 2.90. The largest absolute Gasteiger partial charge is 0.366 e. The van der Waals surface area contributed by atoms with Gasteiger partial charge < -0.3 is 11.5 Å². The van der Waals surface area contributed by atoms with Gasteiger partial charge in [0.2, 0.25) is 11.8 Å². The highest BCUT2D eigenvalue weighted by Crippen LogP contribution is 2.17. The average molecular weight is 320 g/mol. The van der Waals surface area contributed by atoms with E-state index in [0.717, 1.165) is 11.1 Å². The van der Waals surface area contributed by atoms with Crippen molar-refractivity contribution < 1.29 is 9.59 Å². The average Bonchev–Trinajstić information content (AvgIpc) is 2.58. The van der Waals surface area contributed by atoms with Gasteiger partial charge in [-0.1, -0.05) is 60.7 Å². The SMILES string of the molecule is NC(=O)C(=Cc1ccccc1)CCC(=Cc1ccccc1)C(N)=O. The molecule has 2 aromatic carbocycles. The van der Waals surface area contributed by atoms with Crippen molar-refractivity contribution in [2.24, 2.45) is 11.5 Å². The third kappa shape index (κ3) is 5.25. The normalized spacial score (nSPS) is 12.0. The van der Waals surface area contributed by atoms with Gasteiger partial charge in [0.25, 0.3) is 0 Å². The van der Waals surface area contributed by atoms with Crippen molar-refractivity contribution >= 4 is 24.0 Å². The van der Waals surface area contributed by atoms with E-state index < -0.39 is 11.8 Å². The topological polar surface area (TPSA) is 86.2 Å². The van der Waals surface area contributed by atoms with Gasteiger partial charge in [-0.25, -0.2) is 0 Å². The lowest BCUT2D eigenvalue weighted by molar-refractivity contribution is -0.115. The summed E-state index contributed by atoms with van der Waals surface area (Å²) in [7, 11) is 0. The fourth-order valence-corrected chi connectivity index (χ4v) is 2.30. The molecule has 4 heteroatoms. The molecule has 0 aromatic heterocycles. The van der Waals surface area contributed by atoms with Crippen molar-refractivity contribution in [3.63, 3.8) is 0 Å². The second-order valence-corrected chi connectivity index (χ2v) is 5.39. The maximum Gasteiger partial charge on any atom is 0.244 e.